The Morgan fingerprint density at radius 3 is 2.61 bits per heavy atom. The van der Waals surface area contributed by atoms with E-state index in [4.69, 9.17) is 19.4 Å². The van der Waals surface area contributed by atoms with Crippen LogP contribution in [0.25, 0.3) is 16.6 Å². The van der Waals surface area contributed by atoms with Crippen LogP contribution < -0.4 is 4.74 Å². The lowest BCUT2D eigenvalue weighted by atomic mass is 9.93. The van der Waals surface area contributed by atoms with Crippen LogP contribution in [0.1, 0.15) is 76.9 Å². The molecule has 1 saturated carbocycles. The summed E-state index contributed by atoms with van der Waals surface area (Å²) in [6.45, 7) is 4.55. The van der Waals surface area contributed by atoms with E-state index in [0.29, 0.717) is 30.9 Å². The molecule has 0 spiro atoms. The Balaban J connectivity index is 0.917. The molecule has 44 heavy (non-hydrogen) atoms. The number of imidazole rings is 1. The van der Waals surface area contributed by atoms with Gasteiger partial charge in [0.15, 0.2) is 0 Å². The number of aromatic carboxylic acids is 1. The normalized spacial score (nSPS) is 19.4. The van der Waals surface area contributed by atoms with Crippen LogP contribution >= 0.6 is 0 Å². The molecule has 0 radical (unpaired) electrons. The molecule has 0 unspecified atom stereocenters. The number of piperidine rings is 1. The van der Waals surface area contributed by atoms with Crippen molar-refractivity contribution < 1.29 is 19.4 Å². The van der Waals surface area contributed by atoms with E-state index in [9.17, 15) is 9.90 Å². The minimum Gasteiger partial charge on any atom is -0.478 e. The average Bonchev–Trinajstić information content (AvgIpc) is 3.69. The van der Waals surface area contributed by atoms with Gasteiger partial charge in [-0.2, -0.15) is 5.10 Å². The molecule has 0 bridgehead atoms. The predicted molar refractivity (Wildman–Crippen MR) is 164 cm³/mol. The van der Waals surface area contributed by atoms with E-state index in [0.717, 1.165) is 73.6 Å². The maximum Gasteiger partial charge on any atom is 0.335 e. The number of carboxylic acids is 1. The van der Waals surface area contributed by atoms with Gasteiger partial charge in [-0.3, -0.25) is 4.90 Å². The fraction of sp³-hybridized carbons (Fsp3) is 0.412. The molecule has 2 saturated heterocycles. The first kappa shape index (κ1) is 27.3. The first-order valence-corrected chi connectivity index (χ1v) is 15.7. The van der Waals surface area contributed by atoms with Crippen molar-refractivity contribution in [1.82, 2.24) is 29.0 Å². The molecule has 2 aliphatic heterocycles. The van der Waals surface area contributed by atoms with Crippen LogP contribution in [0.5, 0.6) is 5.88 Å². The Morgan fingerprint density at radius 2 is 1.84 bits per heavy atom. The summed E-state index contributed by atoms with van der Waals surface area (Å²) in [6, 6.07) is 15.5. The highest BCUT2D eigenvalue weighted by Crippen LogP contribution is 2.42. The second kappa shape index (κ2) is 11.3. The summed E-state index contributed by atoms with van der Waals surface area (Å²) in [5, 5.41) is 14.0. The average molecular weight is 593 g/mol. The molecule has 226 valence electrons. The Labute approximate surface area is 255 Å². The summed E-state index contributed by atoms with van der Waals surface area (Å²) < 4.78 is 16.0. The highest BCUT2D eigenvalue weighted by molar-refractivity contribution is 5.92. The molecular weight excluding hydrogens is 556 g/mol. The minimum atomic E-state index is -0.926. The molecule has 10 nitrogen and oxygen atoms in total. The Kier molecular flexibility index (Phi) is 7.03. The van der Waals surface area contributed by atoms with Crippen LogP contribution in [0.4, 0.5) is 0 Å². The van der Waals surface area contributed by atoms with E-state index in [1.54, 1.807) is 12.1 Å². The number of carbonyl (C=O) groups is 1. The van der Waals surface area contributed by atoms with Gasteiger partial charge in [0, 0.05) is 36.0 Å². The molecule has 8 rings (SSSR count). The third-order valence-electron chi connectivity index (χ3n) is 9.39. The summed E-state index contributed by atoms with van der Waals surface area (Å²) >= 11 is 0. The van der Waals surface area contributed by atoms with Gasteiger partial charge < -0.3 is 19.1 Å². The van der Waals surface area contributed by atoms with E-state index >= 15 is 0 Å². The molecule has 0 amide bonds. The van der Waals surface area contributed by atoms with Crippen LogP contribution in [0.15, 0.2) is 60.9 Å². The Hall–Kier alpha value is -4.28. The Bertz CT molecular complexity index is 1830. The molecule has 1 aliphatic carbocycles. The SMILES string of the molecule is O=C(O)c1ccc2nc(CN3CCC(c4cccc(OCc5ccn6ncc(C7CC7)c6c5)n4)CC3)n(C[C@@H]3CCO3)c2c1. The summed E-state index contributed by atoms with van der Waals surface area (Å²) in [7, 11) is 0. The fourth-order valence-electron chi connectivity index (χ4n) is 6.59. The topological polar surface area (TPSA) is 107 Å². The van der Waals surface area contributed by atoms with Crippen LogP contribution in [0.2, 0.25) is 0 Å². The summed E-state index contributed by atoms with van der Waals surface area (Å²) in [5.41, 5.74) is 6.69. The van der Waals surface area contributed by atoms with Gasteiger partial charge in [0.1, 0.15) is 12.4 Å². The van der Waals surface area contributed by atoms with E-state index in [2.05, 4.69) is 32.8 Å². The summed E-state index contributed by atoms with van der Waals surface area (Å²) in [4.78, 5) is 23.9. The zero-order valence-corrected chi connectivity index (χ0v) is 24.6. The lowest BCUT2D eigenvalue weighted by molar-refractivity contribution is -0.0592. The number of nitrogens with zero attached hydrogens (tertiary/aromatic N) is 6. The largest absolute Gasteiger partial charge is 0.478 e. The number of likely N-dealkylation sites (tertiary alicyclic amines) is 1. The highest BCUT2D eigenvalue weighted by Gasteiger charge is 2.28. The highest BCUT2D eigenvalue weighted by atomic mass is 16.5. The molecule has 1 atom stereocenters. The lowest BCUT2D eigenvalue weighted by Gasteiger charge is -2.32. The van der Waals surface area contributed by atoms with Crippen LogP contribution in [0.3, 0.4) is 0 Å². The number of aromatic nitrogens is 5. The monoisotopic (exact) mass is 592 g/mol. The van der Waals surface area contributed by atoms with Crippen molar-refractivity contribution in [1.29, 1.82) is 0 Å². The van der Waals surface area contributed by atoms with E-state index < -0.39 is 5.97 Å². The quantitative estimate of drug-likeness (QED) is 0.230. The Morgan fingerprint density at radius 1 is 0.977 bits per heavy atom. The van der Waals surface area contributed by atoms with Crippen molar-refractivity contribution in [3.05, 3.63) is 89.1 Å². The number of pyridine rings is 2. The predicted octanol–water partition coefficient (Wildman–Crippen LogP) is 5.40. The smallest absolute Gasteiger partial charge is 0.335 e. The lowest BCUT2D eigenvalue weighted by Crippen LogP contribution is -2.35. The van der Waals surface area contributed by atoms with Gasteiger partial charge in [-0.1, -0.05) is 6.07 Å². The molecular formula is C34H36N6O4. The first-order chi connectivity index (χ1) is 21.6. The van der Waals surface area contributed by atoms with E-state index in [1.807, 2.05) is 35.1 Å². The number of benzene rings is 1. The van der Waals surface area contributed by atoms with Gasteiger partial charge in [0.05, 0.1) is 47.5 Å². The second-order valence-corrected chi connectivity index (χ2v) is 12.4. The number of rotatable bonds is 10. The van der Waals surface area contributed by atoms with E-state index in [-0.39, 0.29) is 11.7 Å². The molecule has 3 aliphatic rings. The summed E-state index contributed by atoms with van der Waals surface area (Å²) in [6.07, 6.45) is 9.71. The third-order valence-corrected chi connectivity index (χ3v) is 9.39. The zero-order valence-electron chi connectivity index (χ0n) is 24.6. The molecule has 1 N–H and O–H groups in total. The van der Waals surface area contributed by atoms with Crippen molar-refractivity contribution in [2.75, 3.05) is 19.7 Å². The van der Waals surface area contributed by atoms with Crippen molar-refractivity contribution in [3.8, 4) is 5.88 Å². The maximum absolute atomic E-state index is 11.6. The number of hydrogen-bond donors (Lipinski definition) is 1. The number of hydrogen-bond acceptors (Lipinski definition) is 7. The van der Waals surface area contributed by atoms with Crippen molar-refractivity contribution >= 4 is 22.5 Å². The molecule has 10 heteroatoms. The van der Waals surface area contributed by atoms with Gasteiger partial charge >= 0.3 is 5.97 Å². The summed E-state index contributed by atoms with van der Waals surface area (Å²) in [5.74, 6) is 1.73. The molecule has 6 heterocycles. The van der Waals surface area contributed by atoms with Gasteiger partial charge in [-0.05, 0) is 93.1 Å². The van der Waals surface area contributed by atoms with Crippen LogP contribution in [-0.2, 0) is 24.4 Å². The van der Waals surface area contributed by atoms with Crippen molar-refractivity contribution in [2.24, 2.45) is 0 Å². The number of fused-ring (bicyclic) bond motifs is 2. The van der Waals surface area contributed by atoms with Gasteiger partial charge in [0.25, 0.3) is 0 Å². The molecule has 5 aromatic rings. The van der Waals surface area contributed by atoms with Gasteiger partial charge in [-0.25, -0.2) is 19.3 Å². The van der Waals surface area contributed by atoms with Gasteiger partial charge in [-0.15, -0.1) is 0 Å². The standard InChI is InChI=1S/C34H36N6O4/c41-34(42)25-6-7-29-31(17-25)39(19-26-11-15-43-26)32(36-29)20-38-12-9-24(10-13-38)28-2-1-3-33(37-28)44-21-22-8-14-40-30(16-22)27(18-35-40)23-4-5-23/h1-3,6-8,14,16-18,23-24,26H,4-5,9-13,15,19-21H2,(H,41,42)/t26-/m0/s1. The minimum absolute atomic E-state index is 0.153. The van der Waals surface area contributed by atoms with Gasteiger partial charge in [0.2, 0.25) is 5.88 Å². The zero-order chi connectivity index (χ0) is 29.6. The van der Waals surface area contributed by atoms with E-state index in [1.165, 1.54) is 23.9 Å². The third kappa shape index (κ3) is 5.44. The molecule has 3 fully saturated rings. The molecule has 1 aromatic carbocycles. The maximum atomic E-state index is 11.6. The molecule has 4 aromatic heterocycles. The first-order valence-electron chi connectivity index (χ1n) is 15.7. The van der Waals surface area contributed by atoms with Crippen LogP contribution in [0, 0.1) is 0 Å². The fourth-order valence-corrected chi connectivity index (χ4v) is 6.59. The number of carboxylic acid groups (broad SMARTS) is 1. The number of ether oxygens (including phenoxy) is 2. The van der Waals surface area contributed by atoms with Crippen LogP contribution in [-0.4, -0.2) is 65.9 Å². The van der Waals surface area contributed by atoms with Crippen molar-refractivity contribution in [3.63, 3.8) is 0 Å². The van der Waals surface area contributed by atoms with Crippen molar-refractivity contribution in [2.45, 2.75) is 69.7 Å². The second-order valence-electron chi connectivity index (χ2n) is 12.4.